The molecule has 0 amide bonds. The molecule has 1 nitrogen and oxygen atoms in total. The first-order chi connectivity index (χ1) is 6.02. The van der Waals surface area contributed by atoms with Crippen LogP contribution in [0.3, 0.4) is 0 Å². The molecule has 1 rings (SSSR count). The number of rotatable bonds is 2. The monoisotopic (exact) mass is 214 g/mol. The van der Waals surface area contributed by atoms with E-state index in [0.717, 1.165) is 0 Å². The number of halogens is 2. The summed E-state index contributed by atoms with van der Waals surface area (Å²) in [4.78, 5) is 11.4. The van der Waals surface area contributed by atoms with Gasteiger partial charge in [0.1, 0.15) is 0 Å². The van der Waals surface area contributed by atoms with E-state index in [9.17, 15) is 4.79 Å². The standard InChI is InChI=1S/C10H8Cl2O/c1-6(2)10(13)7-3-4-8(11)9(12)5-7/h3-5H,1H2,2H3. The molecule has 0 fully saturated rings. The Kier molecular flexibility index (Phi) is 3.12. The number of benzene rings is 1. The maximum Gasteiger partial charge on any atom is 0.188 e. The quantitative estimate of drug-likeness (QED) is 0.542. The second-order valence-electron chi connectivity index (χ2n) is 2.74. The predicted molar refractivity (Wildman–Crippen MR) is 55.6 cm³/mol. The van der Waals surface area contributed by atoms with Crippen molar-refractivity contribution in [3.8, 4) is 0 Å². The molecule has 68 valence electrons. The molecule has 0 saturated heterocycles. The van der Waals surface area contributed by atoms with Gasteiger partial charge in [-0.1, -0.05) is 29.8 Å². The van der Waals surface area contributed by atoms with Gasteiger partial charge in [-0.05, 0) is 30.7 Å². The number of Topliss-reactive ketones (excluding diaryl/α,β-unsaturated/α-hetero) is 1. The largest absolute Gasteiger partial charge is 0.289 e. The third kappa shape index (κ3) is 2.33. The molecule has 0 unspecified atom stereocenters. The summed E-state index contributed by atoms with van der Waals surface area (Å²) >= 11 is 11.4. The number of hydrogen-bond donors (Lipinski definition) is 0. The Morgan fingerprint density at radius 2 is 1.92 bits per heavy atom. The Bertz CT molecular complexity index is 369. The first kappa shape index (κ1) is 10.3. The summed E-state index contributed by atoms with van der Waals surface area (Å²) in [7, 11) is 0. The average Bonchev–Trinajstić information content (AvgIpc) is 2.08. The maximum absolute atomic E-state index is 11.4. The Hall–Kier alpha value is -0.790. The predicted octanol–water partition coefficient (Wildman–Crippen LogP) is 3.75. The van der Waals surface area contributed by atoms with E-state index in [1.54, 1.807) is 25.1 Å². The van der Waals surface area contributed by atoms with Crippen LogP contribution in [0.15, 0.2) is 30.4 Å². The smallest absolute Gasteiger partial charge is 0.188 e. The van der Waals surface area contributed by atoms with Crippen LogP contribution in [0, 0.1) is 0 Å². The molecule has 0 heterocycles. The van der Waals surface area contributed by atoms with Gasteiger partial charge in [0, 0.05) is 5.56 Å². The van der Waals surface area contributed by atoms with Gasteiger partial charge in [-0.3, -0.25) is 4.79 Å². The van der Waals surface area contributed by atoms with Gasteiger partial charge in [0.05, 0.1) is 10.0 Å². The van der Waals surface area contributed by atoms with E-state index in [4.69, 9.17) is 23.2 Å². The minimum Gasteiger partial charge on any atom is -0.289 e. The summed E-state index contributed by atoms with van der Waals surface area (Å²) in [5.41, 5.74) is 1.00. The van der Waals surface area contributed by atoms with Gasteiger partial charge in [0.25, 0.3) is 0 Å². The van der Waals surface area contributed by atoms with Gasteiger partial charge < -0.3 is 0 Å². The van der Waals surface area contributed by atoms with Crippen LogP contribution in [-0.2, 0) is 0 Å². The average molecular weight is 215 g/mol. The molecule has 0 aromatic heterocycles. The van der Waals surface area contributed by atoms with Crippen molar-refractivity contribution in [2.75, 3.05) is 0 Å². The topological polar surface area (TPSA) is 17.1 Å². The third-order valence-electron chi connectivity index (χ3n) is 1.57. The van der Waals surface area contributed by atoms with E-state index in [-0.39, 0.29) is 5.78 Å². The zero-order chi connectivity index (χ0) is 10.0. The first-order valence-corrected chi connectivity index (χ1v) is 4.43. The van der Waals surface area contributed by atoms with Crippen LogP contribution in [0.5, 0.6) is 0 Å². The number of allylic oxidation sites excluding steroid dienone is 1. The highest BCUT2D eigenvalue weighted by Gasteiger charge is 2.07. The van der Waals surface area contributed by atoms with Crippen LogP contribution in [0.2, 0.25) is 10.0 Å². The van der Waals surface area contributed by atoms with Crippen LogP contribution < -0.4 is 0 Å². The minimum absolute atomic E-state index is 0.112. The molecule has 0 radical (unpaired) electrons. The van der Waals surface area contributed by atoms with E-state index in [1.807, 2.05) is 0 Å². The fraction of sp³-hybridized carbons (Fsp3) is 0.100. The Balaban J connectivity index is 3.11. The van der Waals surface area contributed by atoms with Crippen molar-refractivity contribution < 1.29 is 4.79 Å². The lowest BCUT2D eigenvalue weighted by molar-refractivity contribution is 0.103. The van der Waals surface area contributed by atoms with Crippen LogP contribution in [-0.4, -0.2) is 5.78 Å². The van der Waals surface area contributed by atoms with Crippen LogP contribution in [0.1, 0.15) is 17.3 Å². The highest BCUT2D eigenvalue weighted by Crippen LogP contribution is 2.23. The van der Waals surface area contributed by atoms with Gasteiger partial charge in [0.2, 0.25) is 0 Å². The molecule has 0 aliphatic rings. The van der Waals surface area contributed by atoms with E-state index in [0.29, 0.717) is 21.2 Å². The Morgan fingerprint density at radius 1 is 1.31 bits per heavy atom. The minimum atomic E-state index is -0.112. The summed E-state index contributed by atoms with van der Waals surface area (Å²) in [5, 5.41) is 0.827. The van der Waals surface area contributed by atoms with Crippen LogP contribution >= 0.6 is 23.2 Å². The number of carbonyl (C=O) groups is 1. The maximum atomic E-state index is 11.4. The van der Waals surface area contributed by atoms with Gasteiger partial charge in [-0.2, -0.15) is 0 Å². The van der Waals surface area contributed by atoms with Gasteiger partial charge in [0.15, 0.2) is 5.78 Å². The Labute approximate surface area is 87.0 Å². The van der Waals surface area contributed by atoms with Gasteiger partial charge >= 0.3 is 0 Å². The van der Waals surface area contributed by atoms with E-state index < -0.39 is 0 Å². The fourth-order valence-electron chi connectivity index (χ4n) is 0.884. The lowest BCUT2D eigenvalue weighted by atomic mass is 10.1. The summed E-state index contributed by atoms with van der Waals surface area (Å²) < 4.78 is 0. The lowest BCUT2D eigenvalue weighted by Crippen LogP contribution is -1.98. The second kappa shape index (κ2) is 3.95. The zero-order valence-electron chi connectivity index (χ0n) is 7.10. The normalized spacial score (nSPS) is 9.77. The molecular formula is C10H8Cl2O. The molecule has 0 bridgehead atoms. The summed E-state index contributed by atoms with van der Waals surface area (Å²) in [6, 6.07) is 4.77. The molecule has 0 N–H and O–H groups in total. The Morgan fingerprint density at radius 3 is 2.38 bits per heavy atom. The van der Waals surface area contributed by atoms with Crippen molar-refractivity contribution in [1.29, 1.82) is 0 Å². The van der Waals surface area contributed by atoms with Crippen molar-refractivity contribution >= 4 is 29.0 Å². The number of hydrogen-bond acceptors (Lipinski definition) is 1. The first-order valence-electron chi connectivity index (χ1n) is 3.67. The van der Waals surface area contributed by atoms with E-state index in [1.165, 1.54) is 0 Å². The van der Waals surface area contributed by atoms with Gasteiger partial charge in [-0.15, -0.1) is 0 Å². The zero-order valence-corrected chi connectivity index (χ0v) is 8.62. The highest BCUT2D eigenvalue weighted by atomic mass is 35.5. The van der Waals surface area contributed by atoms with Crippen LogP contribution in [0.25, 0.3) is 0 Å². The SMILES string of the molecule is C=C(C)C(=O)c1ccc(Cl)c(Cl)c1. The van der Waals surface area contributed by atoms with Crippen LogP contribution in [0.4, 0.5) is 0 Å². The molecule has 0 aliphatic heterocycles. The van der Waals surface area contributed by atoms with E-state index >= 15 is 0 Å². The molecule has 1 aromatic carbocycles. The van der Waals surface area contributed by atoms with Crippen molar-refractivity contribution in [2.45, 2.75) is 6.92 Å². The summed E-state index contributed by atoms with van der Waals surface area (Å²) in [6.07, 6.45) is 0. The molecule has 3 heteroatoms. The van der Waals surface area contributed by atoms with Gasteiger partial charge in [-0.25, -0.2) is 0 Å². The molecule has 0 aliphatic carbocycles. The molecular weight excluding hydrogens is 207 g/mol. The molecule has 13 heavy (non-hydrogen) atoms. The number of ketones is 1. The third-order valence-corrected chi connectivity index (χ3v) is 2.31. The fourth-order valence-corrected chi connectivity index (χ4v) is 1.18. The lowest BCUT2D eigenvalue weighted by Gasteiger charge is -2.01. The summed E-state index contributed by atoms with van der Waals surface area (Å²) in [6.45, 7) is 5.22. The summed E-state index contributed by atoms with van der Waals surface area (Å²) in [5.74, 6) is -0.112. The molecule has 1 aromatic rings. The second-order valence-corrected chi connectivity index (χ2v) is 3.55. The molecule has 0 saturated carbocycles. The highest BCUT2D eigenvalue weighted by molar-refractivity contribution is 6.42. The molecule has 0 spiro atoms. The number of carbonyl (C=O) groups excluding carboxylic acids is 1. The van der Waals surface area contributed by atoms with Crippen molar-refractivity contribution in [2.24, 2.45) is 0 Å². The van der Waals surface area contributed by atoms with Crippen molar-refractivity contribution in [1.82, 2.24) is 0 Å². The molecule has 0 atom stereocenters. The van der Waals surface area contributed by atoms with Crippen molar-refractivity contribution in [3.05, 3.63) is 46.0 Å². The van der Waals surface area contributed by atoms with Crippen molar-refractivity contribution in [3.63, 3.8) is 0 Å². The van der Waals surface area contributed by atoms with E-state index in [2.05, 4.69) is 6.58 Å².